The number of aliphatic hydroxyl groups is 5. The van der Waals surface area contributed by atoms with Gasteiger partial charge < -0.3 is 95.5 Å². The minimum absolute atomic E-state index is 0. The number of nitrogen functional groups attached to an aromatic ring is 2. The Balaban J connectivity index is 0.000000177. The number of fused-ring (bicyclic) bond motifs is 5. The van der Waals surface area contributed by atoms with Crippen molar-refractivity contribution in [3.8, 4) is 0 Å². The van der Waals surface area contributed by atoms with E-state index in [0.717, 1.165) is 0 Å². The summed E-state index contributed by atoms with van der Waals surface area (Å²) in [5, 5.41) is 59.5. The maximum Gasteiger partial charge on any atom is 0.165 e. The zero-order chi connectivity index (χ0) is 64.5. The van der Waals surface area contributed by atoms with Gasteiger partial charge in [-0.3, -0.25) is 0 Å². The van der Waals surface area contributed by atoms with Crippen molar-refractivity contribution >= 4 is 126 Å². The number of anilines is 2. The first-order valence-corrected chi connectivity index (χ1v) is 30.7. The van der Waals surface area contributed by atoms with Crippen molar-refractivity contribution in [3.63, 3.8) is 0 Å². The van der Waals surface area contributed by atoms with Gasteiger partial charge in [0.2, 0.25) is 0 Å². The third-order valence-electron chi connectivity index (χ3n) is 16.9. The van der Waals surface area contributed by atoms with Gasteiger partial charge >= 0.3 is 0 Å². The summed E-state index contributed by atoms with van der Waals surface area (Å²) < 4.78 is 49.0. The van der Waals surface area contributed by atoms with Crippen LogP contribution in [-0.4, -0.2) is 140 Å². The third-order valence-corrected chi connectivity index (χ3v) is 19.4. The zero-order valence-corrected chi connectivity index (χ0v) is 55.2. The second-order valence-electron chi connectivity index (χ2n) is 23.9. The van der Waals surface area contributed by atoms with Crippen LogP contribution in [0.5, 0.6) is 0 Å². The molecule has 5 fully saturated rings. The number of hydrogen-bond acceptors (Lipinski definition) is 21. The summed E-state index contributed by atoms with van der Waals surface area (Å²) in [6.07, 6.45) is -1.20. The number of aromatic nitrogens is 9. The van der Waals surface area contributed by atoms with E-state index < -0.39 is 102 Å². The number of nitrogens with two attached hydrogens (primary N) is 2. The molecule has 32 heteroatoms. The van der Waals surface area contributed by atoms with Crippen LogP contribution in [0.1, 0.15) is 117 Å². The van der Waals surface area contributed by atoms with Gasteiger partial charge in [0.1, 0.15) is 124 Å². The zero-order valence-electron chi connectivity index (χ0n) is 49.9. The molecule has 508 valence electrons. The molecule has 3 aromatic carbocycles. The maximum atomic E-state index is 11.3. The van der Waals surface area contributed by atoms with Crippen LogP contribution in [0.4, 0.5) is 11.6 Å². The smallest absolute Gasteiger partial charge is 0.165 e. The molecule has 14 rings (SSSR count). The highest BCUT2D eigenvalue weighted by molar-refractivity contribution is 6.43. The van der Waals surface area contributed by atoms with E-state index in [1.165, 1.54) is 32.0 Å². The number of benzene rings is 3. The Bertz CT molecular complexity index is 4040. The fraction of sp³-hybridized carbons (Fsp3) is 0.419. The number of nitrogens with zero attached hydrogens (tertiary/aromatic N) is 9. The van der Waals surface area contributed by atoms with Gasteiger partial charge in [0.05, 0.1) is 46.3 Å². The topological polar surface area (TPSA) is 376 Å². The fourth-order valence-corrected chi connectivity index (χ4v) is 13.8. The molecule has 0 spiro atoms. The van der Waals surface area contributed by atoms with Crippen LogP contribution in [0.25, 0.3) is 33.1 Å². The molecule has 0 bridgehead atoms. The van der Waals surface area contributed by atoms with Gasteiger partial charge in [-0.15, -0.1) is 0 Å². The summed E-state index contributed by atoms with van der Waals surface area (Å²) in [7, 11) is 0. The number of rotatable bonds is 9. The van der Waals surface area contributed by atoms with Gasteiger partial charge in [0, 0.05) is 18.6 Å². The molecule has 0 amide bonds. The first-order chi connectivity index (χ1) is 42.4. The lowest BCUT2D eigenvalue weighted by Crippen LogP contribution is -2.47. The molecule has 5 aliphatic heterocycles. The van der Waals surface area contributed by atoms with Crippen LogP contribution in [0.2, 0.25) is 35.3 Å². The molecule has 94 heavy (non-hydrogen) atoms. The van der Waals surface area contributed by atoms with Gasteiger partial charge in [-0.1, -0.05) is 114 Å². The molecular formula is C62H73Cl7N12O13. The lowest BCUT2D eigenvalue weighted by molar-refractivity contribution is -0.223. The molecule has 11 heterocycles. The largest absolute Gasteiger partial charge is 0.412 e. The molecule has 0 saturated carbocycles. The van der Waals surface area contributed by atoms with Gasteiger partial charge in [0.15, 0.2) is 30.3 Å². The SMILES string of the molecule is C.C.CC1(C)O[C@H]2[C@H](n3ccc4c(Cl)ncnc43)O[C@H]([C@H](O)c3ccc(Cl)c(Cl)c3)[C@@]2(C)O1.CC1(C)O[C@H]2[C@H](n3ccc4c(N)ncnc43)O[C@H]([C@H](O)c3ccc(Cl)c(Cl)c3)[C@@]2(C)O1.C[C@@]1(O)[C@@H]([C@H](O)c2ccc(Cl)c(Cl)c2)O[C@@H](n2ccc3c(N)ncnc32)[C@@H]1O.N.O. The van der Waals surface area contributed by atoms with Crippen molar-refractivity contribution in [1.29, 1.82) is 0 Å². The van der Waals surface area contributed by atoms with Crippen molar-refractivity contribution < 1.29 is 64.2 Å². The van der Waals surface area contributed by atoms with Crippen LogP contribution in [0.3, 0.4) is 0 Å². The molecule has 6 aromatic heterocycles. The Morgan fingerprint density at radius 1 is 0.468 bits per heavy atom. The van der Waals surface area contributed by atoms with E-state index in [1.807, 2.05) is 75.2 Å². The molecule has 0 unspecified atom stereocenters. The minimum Gasteiger partial charge on any atom is -0.412 e. The van der Waals surface area contributed by atoms with E-state index in [1.54, 1.807) is 65.4 Å². The Labute approximate surface area is 575 Å². The van der Waals surface area contributed by atoms with Gasteiger partial charge in [0.25, 0.3) is 0 Å². The highest BCUT2D eigenvalue weighted by Crippen LogP contribution is 2.56. The second-order valence-corrected chi connectivity index (χ2v) is 26.7. The normalized spacial score (nSPS) is 28.7. The van der Waals surface area contributed by atoms with Crippen LogP contribution >= 0.6 is 81.2 Å². The predicted molar refractivity (Wildman–Crippen MR) is 358 cm³/mol. The van der Waals surface area contributed by atoms with Crippen LogP contribution in [0.15, 0.2) is 110 Å². The molecule has 0 aliphatic carbocycles. The summed E-state index contributed by atoms with van der Waals surface area (Å²) in [6.45, 7) is 12.5. The predicted octanol–water partition coefficient (Wildman–Crippen LogP) is 11.5. The molecule has 5 saturated heterocycles. The lowest BCUT2D eigenvalue weighted by Gasteiger charge is -2.32. The lowest BCUT2D eigenvalue weighted by atomic mass is 9.88. The second kappa shape index (κ2) is 27.5. The van der Waals surface area contributed by atoms with Crippen LogP contribution < -0.4 is 17.6 Å². The molecule has 0 radical (unpaired) electrons. The number of hydrogen-bond donors (Lipinski definition) is 8. The van der Waals surface area contributed by atoms with Gasteiger partial charge in [-0.05, 0) is 120 Å². The number of ether oxygens (including phenoxy) is 7. The molecule has 25 nitrogen and oxygen atoms in total. The number of aliphatic hydroxyl groups excluding tert-OH is 4. The molecule has 9 aromatic rings. The van der Waals surface area contributed by atoms with Crippen molar-refractivity contribution in [1.82, 2.24) is 49.8 Å². The van der Waals surface area contributed by atoms with E-state index in [2.05, 4.69) is 29.9 Å². The Morgan fingerprint density at radius 3 is 1.18 bits per heavy atom. The molecular weight excluding hydrogens is 1370 g/mol. The highest BCUT2D eigenvalue weighted by Gasteiger charge is 2.67. The third kappa shape index (κ3) is 13.0. The average molecular weight is 1440 g/mol. The van der Waals surface area contributed by atoms with Crippen molar-refractivity contribution in [2.75, 3.05) is 11.5 Å². The van der Waals surface area contributed by atoms with Crippen molar-refractivity contribution in [2.24, 2.45) is 0 Å². The summed E-state index contributed by atoms with van der Waals surface area (Å²) in [6, 6.07) is 19.9. The quantitative estimate of drug-likeness (QED) is 0.0622. The average Bonchev–Trinajstić information content (AvgIpc) is 1.57. The molecule has 15 atom stereocenters. The van der Waals surface area contributed by atoms with Crippen molar-refractivity contribution in [3.05, 3.63) is 162 Å². The van der Waals surface area contributed by atoms with E-state index in [9.17, 15) is 25.5 Å². The summed E-state index contributed by atoms with van der Waals surface area (Å²) in [5.41, 5.74) is 11.4. The summed E-state index contributed by atoms with van der Waals surface area (Å²) in [4.78, 5) is 24.9. The fourth-order valence-electron chi connectivity index (χ4n) is 12.7. The van der Waals surface area contributed by atoms with Gasteiger partial charge in [-0.2, -0.15) is 0 Å². The first kappa shape index (κ1) is 74.4. The van der Waals surface area contributed by atoms with Gasteiger partial charge in [-0.25, -0.2) is 29.9 Å². The van der Waals surface area contributed by atoms with E-state index in [4.69, 9.17) is 126 Å². The highest BCUT2D eigenvalue weighted by atomic mass is 35.5. The molecule has 14 N–H and O–H groups in total. The Morgan fingerprint density at radius 2 is 0.798 bits per heavy atom. The Hall–Kier alpha value is -5.41. The monoisotopic (exact) mass is 1440 g/mol. The number of halogens is 7. The Kier molecular flexibility index (Phi) is 21.7. The molecule has 5 aliphatic rings. The van der Waals surface area contributed by atoms with E-state index in [0.29, 0.717) is 85.9 Å². The summed E-state index contributed by atoms with van der Waals surface area (Å²) >= 11 is 42.6. The van der Waals surface area contributed by atoms with Crippen molar-refractivity contribution in [2.45, 2.75) is 165 Å². The standard InChI is InChI=1S/C21H20Cl3N3O4.C21H22Cl2N4O4.C18H18Cl2N4O4.2CH4.H3N.H2O/c2*1-20(2)30-16-19(27-7-6-11-17(24)25-9-26-18(11)27)29-15(21(16,3)31-20)14(28)10-4-5-12(22)13(23)8-10;1-18(27)13(26)17(24-5-4-9-15(21)22-7-23-16(9)24)28-14(18)12(25)8-2-3-10(19)11(20)6-8;;;;/h4-9,14-16,19,28H,1-3H3;4-9,14-16,19,28H,1-3H3,(H2,24,25,26);2-7,12-14,17,25-27H,1H3,(H2,21,22,23);2*1H4;1H3;1H2/t2*14-,15-,16+,19-,21-;12-,13+,14-,17-,18+;;;;/m111..../s1. The first-order valence-electron chi connectivity index (χ1n) is 28.1. The van der Waals surface area contributed by atoms with Crippen LogP contribution in [0, 0.1) is 0 Å². The van der Waals surface area contributed by atoms with E-state index >= 15 is 0 Å². The maximum absolute atomic E-state index is 11.3. The van der Waals surface area contributed by atoms with Crippen LogP contribution in [-0.2, 0) is 33.2 Å². The minimum atomic E-state index is -1.76. The summed E-state index contributed by atoms with van der Waals surface area (Å²) in [5.74, 6) is -1.07. The van der Waals surface area contributed by atoms with E-state index in [-0.39, 0.29) is 37.3 Å².